The van der Waals surface area contributed by atoms with Crippen LogP contribution in [0.2, 0.25) is 0 Å². The van der Waals surface area contributed by atoms with Gasteiger partial charge >= 0.3 is 0 Å². The fourth-order valence-electron chi connectivity index (χ4n) is 2.00. The van der Waals surface area contributed by atoms with Gasteiger partial charge in [-0.2, -0.15) is 0 Å². The largest absolute Gasteiger partial charge is 0.508 e. The summed E-state index contributed by atoms with van der Waals surface area (Å²) in [7, 11) is 0. The number of phenolic OH excluding ortho intramolecular Hbond substituents is 1. The van der Waals surface area contributed by atoms with E-state index in [0.29, 0.717) is 25.1 Å². The van der Waals surface area contributed by atoms with E-state index in [-0.39, 0.29) is 23.5 Å². The lowest BCUT2D eigenvalue weighted by Crippen LogP contribution is -2.31. The van der Waals surface area contributed by atoms with Crippen LogP contribution < -0.4 is 5.73 Å². The Bertz CT molecular complexity index is 459. The molecule has 1 saturated heterocycles. The van der Waals surface area contributed by atoms with E-state index in [1.807, 2.05) is 0 Å². The first-order valence-electron chi connectivity index (χ1n) is 5.45. The minimum absolute atomic E-state index is 0.0569. The molecule has 2 rings (SSSR count). The maximum atomic E-state index is 12.0. The van der Waals surface area contributed by atoms with Gasteiger partial charge in [0.15, 0.2) is 0 Å². The number of amides is 2. The number of carbonyl (C=O) groups is 2. The molecule has 1 atom stereocenters. The molecule has 0 bridgehead atoms. The minimum Gasteiger partial charge on any atom is -0.508 e. The number of nitrogens with zero attached hydrogens (tertiary/aromatic N) is 1. The van der Waals surface area contributed by atoms with Crippen LogP contribution in [-0.2, 0) is 4.79 Å². The maximum absolute atomic E-state index is 12.0. The second-order valence-corrected chi connectivity index (χ2v) is 4.19. The third kappa shape index (κ3) is 2.38. The van der Waals surface area contributed by atoms with E-state index in [1.54, 1.807) is 17.0 Å². The summed E-state index contributed by atoms with van der Waals surface area (Å²) in [6.45, 7) is 0.895. The number of benzene rings is 1. The first-order chi connectivity index (χ1) is 8.08. The molecule has 17 heavy (non-hydrogen) atoms. The molecule has 0 radical (unpaired) electrons. The summed E-state index contributed by atoms with van der Waals surface area (Å²) in [5, 5.41) is 9.30. The van der Waals surface area contributed by atoms with E-state index in [1.165, 1.54) is 12.1 Å². The molecule has 0 saturated carbocycles. The van der Waals surface area contributed by atoms with Crippen LogP contribution in [0.3, 0.4) is 0 Å². The van der Waals surface area contributed by atoms with Gasteiger partial charge in [-0.3, -0.25) is 9.59 Å². The molecule has 1 heterocycles. The van der Waals surface area contributed by atoms with Crippen molar-refractivity contribution in [2.45, 2.75) is 6.42 Å². The highest BCUT2D eigenvalue weighted by molar-refractivity contribution is 5.95. The highest BCUT2D eigenvalue weighted by atomic mass is 16.3. The normalized spacial score (nSPS) is 19.3. The Labute approximate surface area is 98.8 Å². The number of carbonyl (C=O) groups excluding carboxylic acids is 2. The molecule has 1 aromatic carbocycles. The number of primary amides is 1. The van der Waals surface area contributed by atoms with Gasteiger partial charge in [0.25, 0.3) is 5.91 Å². The second-order valence-electron chi connectivity index (χ2n) is 4.19. The van der Waals surface area contributed by atoms with Crippen molar-refractivity contribution in [3.63, 3.8) is 0 Å². The van der Waals surface area contributed by atoms with Crippen molar-refractivity contribution in [3.8, 4) is 5.75 Å². The lowest BCUT2D eigenvalue weighted by atomic mass is 10.1. The first-order valence-corrected chi connectivity index (χ1v) is 5.45. The average molecular weight is 234 g/mol. The SMILES string of the molecule is NC(=O)C1CCN(C(=O)c2cccc(O)c2)C1. The molecule has 1 aromatic rings. The summed E-state index contributed by atoms with van der Waals surface area (Å²) in [5.41, 5.74) is 5.63. The zero-order valence-corrected chi connectivity index (χ0v) is 9.30. The van der Waals surface area contributed by atoms with Crippen molar-refractivity contribution in [1.82, 2.24) is 4.90 Å². The van der Waals surface area contributed by atoms with Crippen LogP contribution in [0.4, 0.5) is 0 Å². The summed E-state index contributed by atoms with van der Waals surface area (Å²) in [6, 6.07) is 6.18. The van der Waals surface area contributed by atoms with Crippen molar-refractivity contribution in [3.05, 3.63) is 29.8 Å². The second kappa shape index (κ2) is 4.45. The molecule has 2 amide bonds. The van der Waals surface area contributed by atoms with Crippen molar-refractivity contribution in [2.24, 2.45) is 11.7 Å². The Morgan fingerprint density at radius 2 is 2.18 bits per heavy atom. The Balaban J connectivity index is 2.09. The fourth-order valence-corrected chi connectivity index (χ4v) is 2.00. The monoisotopic (exact) mass is 234 g/mol. The maximum Gasteiger partial charge on any atom is 0.254 e. The van der Waals surface area contributed by atoms with Crippen LogP contribution in [-0.4, -0.2) is 34.9 Å². The standard InChI is InChI=1S/C12H14N2O3/c13-11(16)9-4-5-14(7-9)12(17)8-2-1-3-10(15)6-8/h1-3,6,9,15H,4-5,7H2,(H2,13,16). The summed E-state index contributed by atoms with van der Waals surface area (Å²) in [5.74, 6) is -0.737. The van der Waals surface area contributed by atoms with Gasteiger partial charge in [0.05, 0.1) is 5.92 Å². The molecule has 0 aliphatic carbocycles. The van der Waals surface area contributed by atoms with Crippen molar-refractivity contribution in [2.75, 3.05) is 13.1 Å². The molecule has 0 aromatic heterocycles. The van der Waals surface area contributed by atoms with Gasteiger partial charge in [-0.15, -0.1) is 0 Å². The zero-order valence-electron chi connectivity index (χ0n) is 9.30. The van der Waals surface area contributed by atoms with E-state index >= 15 is 0 Å². The fraction of sp³-hybridized carbons (Fsp3) is 0.333. The molecule has 0 spiro atoms. The number of likely N-dealkylation sites (tertiary alicyclic amines) is 1. The summed E-state index contributed by atoms with van der Waals surface area (Å²) in [6.07, 6.45) is 0.611. The number of nitrogens with two attached hydrogens (primary N) is 1. The Morgan fingerprint density at radius 3 is 2.76 bits per heavy atom. The molecular weight excluding hydrogens is 220 g/mol. The van der Waals surface area contributed by atoms with Gasteiger partial charge in [-0.05, 0) is 24.6 Å². The smallest absolute Gasteiger partial charge is 0.254 e. The van der Waals surface area contributed by atoms with Crippen LogP contribution in [0.1, 0.15) is 16.8 Å². The van der Waals surface area contributed by atoms with Crippen molar-refractivity contribution >= 4 is 11.8 Å². The lowest BCUT2D eigenvalue weighted by molar-refractivity contribution is -0.121. The predicted octanol–water partition coefficient (Wildman–Crippen LogP) is 0.340. The third-order valence-electron chi connectivity index (χ3n) is 2.97. The Hall–Kier alpha value is -2.04. The molecule has 3 N–H and O–H groups in total. The highest BCUT2D eigenvalue weighted by Crippen LogP contribution is 2.20. The van der Waals surface area contributed by atoms with Crippen LogP contribution in [0.25, 0.3) is 0 Å². The summed E-state index contributed by atoms with van der Waals surface area (Å²) >= 11 is 0. The lowest BCUT2D eigenvalue weighted by Gasteiger charge is -2.15. The number of phenols is 1. The van der Waals surface area contributed by atoms with E-state index in [0.717, 1.165) is 0 Å². The molecule has 90 valence electrons. The minimum atomic E-state index is -0.365. The molecule has 5 nitrogen and oxygen atoms in total. The molecule has 1 fully saturated rings. The number of hydrogen-bond acceptors (Lipinski definition) is 3. The van der Waals surface area contributed by atoms with E-state index < -0.39 is 0 Å². The molecule has 1 aliphatic heterocycles. The number of hydrogen-bond donors (Lipinski definition) is 2. The topological polar surface area (TPSA) is 83.6 Å². The molecule has 1 aliphatic rings. The first kappa shape index (κ1) is 11.4. The van der Waals surface area contributed by atoms with E-state index in [2.05, 4.69) is 0 Å². The average Bonchev–Trinajstić information content (AvgIpc) is 2.77. The van der Waals surface area contributed by atoms with Gasteiger partial charge < -0.3 is 15.7 Å². The van der Waals surface area contributed by atoms with Crippen molar-refractivity contribution in [1.29, 1.82) is 0 Å². The van der Waals surface area contributed by atoms with E-state index in [4.69, 9.17) is 5.73 Å². The summed E-state index contributed by atoms with van der Waals surface area (Å²) < 4.78 is 0. The zero-order chi connectivity index (χ0) is 12.4. The predicted molar refractivity (Wildman–Crippen MR) is 61.3 cm³/mol. The molecule has 1 unspecified atom stereocenters. The van der Waals surface area contributed by atoms with Gasteiger partial charge in [-0.1, -0.05) is 6.07 Å². The van der Waals surface area contributed by atoms with Crippen LogP contribution in [0.15, 0.2) is 24.3 Å². The van der Waals surface area contributed by atoms with Gasteiger partial charge in [0.2, 0.25) is 5.91 Å². The number of aromatic hydroxyl groups is 1. The molecule has 5 heteroatoms. The van der Waals surface area contributed by atoms with E-state index in [9.17, 15) is 14.7 Å². The van der Waals surface area contributed by atoms with Gasteiger partial charge in [0, 0.05) is 18.7 Å². The number of rotatable bonds is 2. The Kier molecular flexibility index (Phi) is 2.99. The quantitative estimate of drug-likeness (QED) is 0.774. The van der Waals surface area contributed by atoms with Gasteiger partial charge in [0.1, 0.15) is 5.75 Å². The van der Waals surface area contributed by atoms with Crippen LogP contribution in [0, 0.1) is 5.92 Å². The molecular formula is C12H14N2O3. The highest BCUT2D eigenvalue weighted by Gasteiger charge is 2.30. The Morgan fingerprint density at radius 1 is 1.41 bits per heavy atom. The van der Waals surface area contributed by atoms with Crippen LogP contribution in [0.5, 0.6) is 5.75 Å². The summed E-state index contributed by atoms with van der Waals surface area (Å²) in [4.78, 5) is 24.6. The van der Waals surface area contributed by atoms with Crippen LogP contribution >= 0.6 is 0 Å². The van der Waals surface area contributed by atoms with Gasteiger partial charge in [-0.25, -0.2) is 0 Å². The third-order valence-corrected chi connectivity index (χ3v) is 2.97. The van der Waals surface area contributed by atoms with Crippen molar-refractivity contribution < 1.29 is 14.7 Å².